The highest BCUT2D eigenvalue weighted by molar-refractivity contribution is 7.14. The first-order valence-corrected chi connectivity index (χ1v) is 6.80. The molecule has 5 heteroatoms. The third-order valence-electron chi connectivity index (χ3n) is 2.80. The van der Waals surface area contributed by atoms with Crippen molar-refractivity contribution < 1.29 is 14.7 Å². The van der Waals surface area contributed by atoms with Gasteiger partial charge in [0.05, 0.1) is 4.88 Å². The maximum atomic E-state index is 12.3. The molecule has 4 nitrogen and oxygen atoms in total. The van der Waals surface area contributed by atoms with Crippen molar-refractivity contribution in [1.29, 1.82) is 0 Å². The topological polar surface area (TPSA) is 57.6 Å². The van der Waals surface area contributed by atoms with Crippen LogP contribution in [0.25, 0.3) is 0 Å². The van der Waals surface area contributed by atoms with Crippen LogP contribution >= 0.6 is 11.3 Å². The minimum atomic E-state index is -0.985. The molecule has 0 aliphatic rings. The quantitative estimate of drug-likeness (QED) is 0.893. The zero-order chi connectivity index (χ0) is 13.9. The standard InChI is InChI=1S/C13H19NO3S/c1-5-10-6-11(18-9(10)4)13(17)14(8(2)3)7-12(15)16/h6,8H,5,7H2,1-4H3,(H,15,16). The summed E-state index contributed by atoms with van der Waals surface area (Å²) < 4.78 is 0. The fourth-order valence-corrected chi connectivity index (χ4v) is 2.82. The van der Waals surface area contributed by atoms with Crippen LogP contribution < -0.4 is 0 Å². The second-order valence-electron chi connectivity index (χ2n) is 4.47. The van der Waals surface area contributed by atoms with Crippen molar-refractivity contribution in [2.75, 3.05) is 6.54 Å². The van der Waals surface area contributed by atoms with Gasteiger partial charge in [0.2, 0.25) is 0 Å². The van der Waals surface area contributed by atoms with E-state index in [0.717, 1.165) is 16.9 Å². The molecule has 0 fully saturated rings. The van der Waals surface area contributed by atoms with Gasteiger partial charge in [-0.1, -0.05) is 6.92 Å². The Hall–Kier alpha value is -1.36. The van der Waals surface area contributed by atoms with Gasteiger partial charge in [0, 0.05) is 10.9 Å². The largest absolute Gasteiger partial charge is 0.480 e. The van der Waals surface area contributed by atoms with E-state index < -0.39 is 5.97 Å². The summed E-state index contributed by atoms with van der Waals surface area (Å²) in [7, 11) is 0. The van der Waals surface area contributed by atoms with E-state index in [1.54, 1.807) is 0 Å². The number of rotatable bonds is 5. The molecule has 18 heavy (non-hydrogen) atoms. The molecular weight excluding hydrogens is 250 g/mol. The third-order valence-corrected chi connectivity index (χ3v) is 3.88. The molecule has 0 aliphatic carbocycles. The molecule has 0 spiro atoms. The number of aliphatic carboxylic acids is 1. The molecule has 0 aliphatic heterocycles. The zero-order valence-electron chi connectivity index (χ0n) is 11.2. The number of carboxylic acid groups (broad SMARTS) is 1. The molecule has 1 amide bonds. The van der Waals surface area contributed by atoms with Crippen molar-refractivity contribution in [3.05, 3.63) is 21.4 Å². The predicted octanol–water partition coefficient (Wildman–Crippen LogP) is 2.55. The lowest BCUT2D eigenvalue weighted by Gasteiger charge is -2.24. The molecule has 1 heterocycles. The monoisotopic (exact) mass is 269 g/mol. The maximum Gasteiger partial charge on any atom is 0.323 e. The van der Waals surface area contributed by atoms with Crippen LogP contribution in [0.4, 0.5) is 0 Å². The lowest BCUT2D eigenvalue weighted by atomic mass is 10.2. The molecule has 0 saturated carbocycles. The van der Waals surface area contributed by atoms with Gasteiger partial charge in [-0.2, -0.15) is 0 Å². The SMILES string of the molecule is CCc1cc(C(=O)N(CC(=O)O)C(C)C)sc1C. The summed E-state index contributed by atoms with van der Waals surface area (Å²) in [6, 6.07) is 1.75. The summed E-state index contributed by atoms with van der Waals surface area (Å²) in [5.74, 6) is -1.18. The molecular formula is C13H19NO3S. The first-order chi connectivity index (χ1) is 8.36. The summed E-state index contributed by atoms with van der Waals surface area (Å²) in [5, 5.41) is 8.84. The number of carbonyl (C=O) groups excluding carboxylic acids is 1. The van der Waals surface area contributed by atoms with Gasteiger partial charge in [-0.15, -0.1) is 11.3 Å². The Labute approximate surface area is 111 Å². The summed E-state index contributed by atoms with van der Waals surface area (Å²) in [4.78, 5) is 26.2. The average molecular weight is 269 g/mol. The highest BCUT2D eigenvalue weighted by atomic mass is 32.1. The third kappa shape index (κ3) is 3.32. The Bertz CT molecular complexity index is 451. The molecule has 0 unspecified atom stereocenters. The van der Waals surface area contributed by atoms with Crippen LogP contribution in [0.5, 0.6) is 0 Å². The normalized spacial score (nSPS) is 10.7. The van der Waals surface area contributed by atoms with Crippen LogP contribution in [0.3, 0.4) is 0 Å². The molecule has 0 radical (unpaired) electrons. The van der Waals surface area contributed by atoms with E-state index in [4.69, 9.17) is 5.11 Å². The van der Waals surface area contributed by atoms with Gasteiger partial charge in [0.15, 0.2) is 0 Å². The molecule has 1 aromatic rings. The van der Waals surface area contributed by atoms with Gasteiger partial charge in [-0.05, 0) is 38.8 Å². The molecule has 1 rings (SSSR count). The minimum Gasteiger partial charge on any atom is -0.480 e. The summed E-state index contributed by atoms with van der Waals surface area (Å²) in [6.45, 7) is 7.41. The van der Waals surface area contributed by atoms with E-state index in [9.17, 15) is 9.59 Å². The maximum absolute atomic E-state index is 12.3. The summed E-state index contributed by atoms with van der Waals surface area (Å²) >= 11 is 1.44. The van der Waals surface area contributed by atoms with E-state index >= 15 is 0 Å². The number of carboxylic acids is 1. The van der Waals surface area contributed by atoms with Crippen LogP contribution in [0, 0.1) is 6.92 Å². The van der Waals surface area contributed by atoms with E-state index in [1.807, 2.05) is 33.8 Å². The molecule has 0 aromatic carbocycles. The fourth-order valence-electron chi connectivity index (χ4n) is 1.75. The molecule has 0 bridgehead atoms. The second kappa shape index (κ2) is 6.00. The van der Waals surface area contributed by atoms with Gasteiger partial charge in [0.25, 0.3) is 5.91 Å². The van der Waals surface area contributed by atoms with E-state index in [-0.39, 0.29) is 18.5 Å². The Kier molecular flexibility index (Phi) is 4.90. The Balaban J connectivity index is 2.98. The van der Waals surface area contributed by atoms with Gasteiger partial charge in [-0.3, -0.25) is 9.59 Å². The fraction of sp³-hybridized carbons (Fsp3) is 0.538. The summed E-state index contributed by atoms with van der Waals surface area (Å²) in [5.41, 5.74) is 1.15. The average Bonchev–Trinajstić information content (AvgIpc) is 2.66. The van der Waals surface area contributed by atoms with Crippen molar-refractivity contribution in [3.8, 4) is 0 Å². The number of aryl methyl sites for hydroxylation is 2. The number of amides is 1. The van der Waals surface area contributed by atoms with E-state index in [0.29, 0.717) is 4.88 Å². The lowest BCUT2D eigenvalue weighted by molar-refractivity contribution is -0.138. The number of carbonyl (C=O) groups is 2. The number of hydrogen-bond acceptors (Lipinski definition) is 3. The van der Waals surface area contributed by atoms with Crippen LogP contribution in [-0.2, 0) is 11.2 Å². The molecule has 1 N–H and O–H groups in total. The van der Waals surface area contributed by atoms with Crippen LogP contribution in [0.1, 0.15) is 40.9 Å². The minimum absolute atomic E-state index is 0.124. The number of nitrogens with zero attached hydrogens (tertiary/aromatic N) is 1. The first-order valence-electron chi connectivity index (χ1n) is 5.98. The summed E-state index contributed by atoms with van der Waals surface area (Å²) in [6.07, 6.45) is 0.885. The molecule has 100 valence electrons. The van der Waals surface area contributed by atoms with E-state index in [1.165, 1.54) is 16.2 Å². The van der Waals surface area contributed by atoms with Gasteiger partial charge >= 0.3 is 5.97 Å². The zero-order valence-corrected chi connectivity index (χ0v) is 12.0. The second-order valence-corrected chi connectivity index (χ2v) is 5.72. The van der Waals surface area contributed by atoms with Crippen molar-refractivity contribution in [1.82, 2.24) is 4.90 Å². The van der Waals surface area contributed by atoms with Crippen LogP contribution in [-0.4, -0.2) is 34.5 Å². The number of hydrogen-bond donors (Lipinski definition) is 1. The number of thiophene rings is 1. The molecule has 1 aromatic heterocycles. The van der Waals surface area contributed by atoms with Gasteiger partial charge in [-0.25, -0.2) is 0 Å². The van der Waals surface area contributed by atoms with Crippen molar-refractivity contribution in [2.45, 2.75) is 40.2 Å². The lowest BCUT2D eigenvalue weighted by Crippen LogP contribution is -2.40. The predicted molar refractivity (Wildman–Crippen MR) is 72.2 cm³/mol. The van der Waals surface area contributed by atoms with Gasteiger partial charge in [0.1, 0.15) is 6.54 Å². The van der Waals surface area contributed by atoms with E-state index in [2.05, 4.69) is 0 Å². The Morgan fingerprint density at radius 1 is 1.44 bits per heavy atom. The van der Waals surface area contributed by atoms with Crippen molar-refractivity contribution in [2.24, 2.45) is 0 Å². The first kappa shape index (κ1) is 14.7. The van der Waals surface area contributed by atoms with Crippen molar-refractivity contribution >= 4 is 23.2 Å². The molecule has 0 saturated heterocycles. The highest BCUT2D eigenvalue weighted by Crippen LogP contribution is 2.24. The molecule has 0 atom stereocenters. The smallest absolute Gasteiger partial charge is 0.323 e. The van der Waals surface area contributed by atoms with Crippen molar-refractivity contribution in [3.63, 3.8) is 0 Å². The Morgan fingerprint density at radius 2 is 2.06 bits per heavy atom. The van der Waals surface area contributed by atoms with Crippen LogP contribution in [0.15, 0.2) is 6.07 Å². The van der Waals surface area contributed by atoms with Gasteiger partial charge < -0.3 is 10.0 Å². The highest BCUT2D eigenvalue weighted by Gasteiger charge is 2.23. The Morgan fingerprint density at radius 3 is 2.44 bits per heavy atom. The van der Waals surface area contributed by atoms with Crippen LogP contribution in [0.2, 0.25) is 0 Å².